The van der Waals surface area contributed by atoms with E-state index in [4.69, 9.17) is 9.26 Å². The Labute approximate surface area is 130 Å². The van der Waals surface area contributed by atoms with Crippen LogP contribution in [0.5, 0.6) is 0 Å². The quantitative estimate of drug-likeness (QED) is 0.875. The van der Waals surface area contributed by atoms with Crippen LogP contribution in [0.4, 0.5) is 0 Å². The van der Waals surface area contributed by atoms with Gasteiger partial charge in [0.05, 0.1) is 12.6 Å². The number of ether oxygens (including phenoxy) is 1. The molecule has 120 valence electrons. The van der Waals surface area contributed by atoms with Crippen molar-refractivity contribution < 1.29 is 9.26 Å². The van der Waals surface area contributed by atoms with Crippen molar-refractivity contribution in [3.05, 3.63) is 30.2 Å². The Morgan fingerprint density at radius 1 is 1.41 bits per heavy atom. The second-order valence-corrected chi connectivity index (χ2v) is 5.90. The third kappa shape index (κ3) is 3.72. The summed E-state index contributed by atoms with van der Waals surface area (Å²) in [5.74, 6) is 1.80. The van der Waals surface area contributed by atoms with Crippen molar-refractivity contribution in [3.63, 3.8) is 0 Å². The third-order valence-electron chi connectivity index (χ3n) is 4.03. The average Bonchev–Trinajstić information content (AvgIpc) is 3.17. The van der Waals surface area contributed by atoms with E-state index in [1.807, 2.05) is 23.9 Å². The van der Waals surface area contributed by atoms with Crippen molar-refractivity contribution in [2.45, 2.75) is 45.3 Å². The lowest BCUT2D eigenvalue weighted by Gasteiger charge is -2.30. The maximum atomic E-state index is 5.47. The Morgan fingerprint density at radius 2 is 2.23 bits per heavy atom. The molecule has 0 amide bonds. The van der Waals surface area contributed by atoms with Crippen LogP contribution in [0.3, 0.4) is 0 Å². The van der Waals surface area contributed by atoms with Gasteiger partial charge in [-0.15, -0.1) is 0 Å². The number of aryl methyl sites for hydroxylation is 1. The van der Waals surface area contributed by atoms with Crippen molar-refractivity contribution in [3.8, 4) is 0 Å². The van der Waals surface area contributed by atoms with Crippen LogP contribution in [0.2, 0.25) is 0 Å². The second kappa shape index (κ2) is 7.02. The molecule has 0 spiro atoms. The van der Waals surface area contributed by atoms with E-state index in [1.54, 1.807) is 6.20 Å². The topological polar surface area (TPSA) is 78.0 Å². The summed E-state index contributed by atoms with van der Waals surface area (Å²) in [6.45, 7) is 6.39. The molecule has 0 aliphatic carbocycles. The monoisotopic (exact) mass is 305 g/mol. The smallest absolute Gasteiger partial charge is 0.244 e. The van der Waals surface area contributed by atoms with E-state index in [-0.39, 0.29) is 12.1 Å². The lowest BCUT2D eigenvalue weighted by atomic mass is 9.91. The van der Waals surface area contributed by atoms with E-state index >= 15 is 0 Å². The predicted octanol–water partition coefficient (Wildman–Crippen LogP) is 1.72. The maximum absolute atomic E-state index is 5.47. The first kappa shape index (κ1) is 15.2. The molecule has 1 aliphatic rings. The van der Waals surface area contributed by atoms with Gasteiger partial charge in [-0.05, 0) is 38.7 Å². The molecule has 2 atom stereocenters. The number of nitrogens with one attached hydrogen (secondary N) is 1. The van der Waals surface area contributed by atoms with Crippen LogP contribution >= 0.6 is 0 Å². The summed E-state index contributed by atoms with van der Waals surface area (Å²) in [5, 5.41) is 11.8. The van der Waals surface area contributed by atoms with Gasteiger partial charge in [-0.2, -0.15) is 10.1 Å². The maximum Gasteiger partial charge on any atom is 0.244 e. The van der Waals surface area contributed by atoms with E-state index in [2.05, 4.69) is 27.5 Å². The summed E-state index contributed by atoms with van der Waals surface area (Å²) in [4.78, 5) is 4.43. The van der Waals surface area contributed by atoms with Crippen molar-refractivity contribution in [1.29, 1.82) is 0 Å². The fourth-order valence-corrected chi connectivity index (χ4v) is 2.95. The third-order valence-corrected chi connectivity index (χ3v) is 4.03. The highest BCUT2D eigenvalue weighted by atomic mass is 16.5. The van der Waals surface area contributed by atoms with Crippen LogP contribution in [0.1, 0.15) is 37.5 Å². The average molecular weight is 305 g/mol. The minimum atomic E-state index is 0.0654. The van der Waals surface area contributed by atoms with E-state index < -0.39 is 0 Å². The van der Waals surface area contributed by atoms with Crippen LogP contribution in [0.25, 0.3) is 0 Å². The first-order chi connectivity index (χ1) is 10.7. The Balaban J connectivity index is 1.70. The fraction of sp³-hybridized carbons (Fsp3) is 0.667. The molecular weight excluding hydrogens is 282 g/mol. The van der Waals surface area contributed by atoms with E-state index in [1.165, 1.54) is 0 Å². The second-order valence-electron chi connectivity index (χ2n) is 5.90. The van der Waals surface area contributed by atoms with Crippen LogP contribution in [0, 0.1) is 12.8 Å². The lowest BCUT2D eigenvalue weighted by Crippen LogP contribution is -2.39. The predicted molar refractivity (Wildman–Crippen MR) is 80.1 cm³/mol. The number of rotatable bonds is 6. The Bertz CT molecular complexity index is 562. The van der Waals surface area contributed by atoms with Crippen molar-refractivity contribution >= 4 is 0 Å². The van der Waals surface area contributed by atoms with Crippen LogP contribution in [-0.4, -0.2) is 39.2 Å². The van der Waals surface area contributed by atoms with Gasteiger partial charge in [0.25, 0.3) is 0 Å². The molecule has 2 aromatic heterocycles. The fourth-order valence-electron chi connectivity index (χ4n) is 2.95. The molecule has 7 heteroatoms. The largest absolute Gasteiger partial charge is 0.381 e. The first-order valence-corrected chi connectivity index (χ1v) is 7.84. The van der Waals surface area contributed by atoms with Gasteiger partial charge in [0, 0.05) is 31.6 Å². The molecule has 3 heterocycles. The van der Waals surface area contributed by atoms with Gasteiger partial charge in [-0.3, -0.25) is 4.68 Å². The molecule has 0 saturated carbocycles. The summed E-state index contributed by atoms with van der Waals surface area (Å²) < 4.78 is 12.8. The molecule has 1 saturated heterocycles. The SMILES string of the molecule is Cc1noc([C@H](N[C@@H](C)Cn2cccn2)C2CCOCC2)n1. The standard InChI is InChI=1S/C15H23N5O2/c1-11(10-20-7-3-6-16-20)17-14(13-4-8-21-9-5-13)15-18-12(2)19-22-15/h3,6-7,11,13-14,17H,4-5,8-10H2,1-2H3/t11-,14+/m0/s1. The highest BCUT2D eigenvalue weighted by Crippen LogP contribution is 2.29. The van der Waals surface area contributed by atoms with Crippen molar-refractivity contribution in [1.82, 2.24) is 25.2 Å². The van der Waals surface area contributed by atoms with Gasteiger partial charge >= 0.3 is 0 Å². The van der Waals surface area contributed by atoms with Crippen LogP contribution in [-0.2, 0) is 11.3 Å². The molecule has 22 heavy (non-hydrogen) atoms. The van der Waals surface area contributed by atoms with Gasteiger partial charge in [0.2, 0.25) is 5.89 Å². The Hall–Kier alpha value is -1.73. The lowest BCUT2D eigenvalue weighted by molar-refractivity contribution is 0.0466. The Morgan fingerprint density at radius 3 is 2.86 bits per heavy atom. The molecular formula is C15H23N5O2. The highest BCUT2D eigenvalue weighted by Gasteiger charge is 2.30. The molecule has 0 aromatic carbocycles. The molecule has 3 rings (SSSR count). The van der Waals surface area contributed by atoms with Gasteiger partial charge in [-0.25, -0.2) is 0 Å². The molecule has 7 nitrogen and oxygen atoms in total. The molecule has 1 N–H and O–H groups in total. The van der Waals surface area contributed by atoms with E-state index in [9.17, 15) is 0 Å². The summed E-state index contributed by atoms with van der Waals surface area (Å²) in [6.07, 6.45) is 5.78. The minimum absolute atomic E-state index is 0.0654. The number of hydrogen-bond donors (Lipinski definition) is 1. The van der Waals surface area contributed by atoms with Gasteiger partial charge < -0.3 is 14.6 Å². The molecule has 0 bridgehead atoms. The zero-order valence-electron chi connectivity index (χ0n) is 13.1. The number of hydrogen-bond acceptors (Lipinski definition) is 6. The zero-order valence-corrected chi connectivity index (χ0v) is 13.1. The van der Waals surface area contributed by atoms with Crippen LogP contribution in [0.15, 0.2) is 23.0 Å². The molecule has 1 aliphatic heterocycles. The zero-order chi connectivity index (χ0) is 15.4. The van der Waals surface area contributed by atoms with E-state index in [0.717, 1.165) is 32.6 Å². The molecule has 2 aromatic rings. The number of nitrogens with zero attached hydrogens (tertiary/aromatic N) is 4. The first-order valence-electron chi connectivity index (χ1n) is 7.84. The highest BCUT2D eigenvalue weighted by molar-refractivity contribution is 4.96. The van der Waals surface area contributed by atoms with Crippen molar-refractivity contribution in [2.24, 2.45) is 5.92 Å². The summed E-state index contributed by atoms with van der Waals surface area (Å²) in [5.41, 5.74) is 0. The summed E-state index contributed by atoms with van der Waals surface area (Å²) in [6, 6.07) is 2.25. The number of aromatic nitrogens is 4. The van der Waals surface area contributed by atoms with Crippen LogP contribution < -0.4 is 5.32 Å². The molecule has 0 unspecified atom stereocenters. The van der Waals surface area contributed by atoms with Crippen molar-refractivity contribution in [2.75, 3.05) is 13.2 Å². The normalized spacial score (nSPS) is 19.2. The molecule has 1 fully saturated rings. The summed E-state index contributed by atoms with van der Waals surface area (Å²) in [7, 11) is 0. The van der Waals surface area contributed by atoms with E-state index in [0.29, 0.717) is 17.6 Å². The summed E-state index contributed by atoms with van der Waals surface area (Å²) >= 11 is 0. The van der Waals surface area contributed by atoms with Gasteiger partial charge in [0.1, 0.15) is 0 Å². The Kier molecular flexibility index (Phi) is 4.84. The molecule has 0 radical (unpaired) electrons. The van der Waals surface area contributed by atoms with Gasteiger partial charge in [0.15, 0.2) is 5.82 Å². The minimum Gasteiger partial charge on any atom is -0.381 e. The van der Waals surface area contributed by atoms with Gasteiger partial charge in [-0.1, -0.05) is 5.16 Å².